The van der Waals surface area contributed by atoms with E-state index in [2.05, 4.69) is 11.4 Å². The molecule has 0 atom stereocenters. The Bertz CT molecular complexity index is 480. The van der Waals surface area contributed by atoms with Crippen LogP contribution < -0.4 is 16.8 Å². The molecule has 1 aliphatic rings. The molecular formula is C14H19N3O. The van der Waals surface area contributed by atoms with Gasteiger partial charge in [-0.05, 0) is 43.9 Å². The fourth-order valence-electron chi connectivity index (χ4n) is 2.20. The van der Waals surface area contributed by atoms with E-state index in [9.17, 15) is 4.79 Å². The molecule has 0 bridgehead atoms. The van der Waals surface area contributed by atoms with E-state index >= 15 is 0 Å². The van der Waals surface area contributed by atoms with Crippen molar-refractivity contribution >= 4 is 17.3 Å². The van der Waals surface area contributed by atoms with Gasteiger partial charge in [-0.1, -0.05) is 11.6 Å². The summed E-state index contributed by atoms with van der Waals surface area (Å²) in [7, 11) is 0. The Morgan fingerprint density at radius 1 is 1.39 bits per heavy atom. The van der Waals surface area contributed by atoms with E-state index in [0.29, 0.717) is 11.3 Å². The molecule has 1 aliphatic carbocycles. The van der Waals surface area contributed by atoms with Gasteiger partial charge in [0.15, 0.2) is 0 Å². The highest BCUT2D eigenvalue weighted by atomic mass is 16.1. The first kappa shape index (κ1) is 12.5. The van der Waals surface area contributed by atoms with Crippen molar-refractivity contribution in [2.24, 2.45) is 5.73 Å². The molecule has 0 unspecified atom stereocenters. The zero-order chi connectivity index (χ0) is 13.0. The Hall–Kier alpha value is -1.97. The minimum atomic E-state index is -0.454. The quantitative estimate of drug-likeness (QED) is 0.550. The molecule has 0 radical (unpaired) electrons. The average molecular weight is 245 g/mol. The lowest BCUT2D eigenvalue weighted by Crippen LogP contribution is -2.12. The Morgan fingerprint density at radius 2 is 2.22 bits per heavy atom. The number of carbonyl (C=O) groups excluding carboxylic acids is 1. The van der Waals surface area contributed by atoms with Gasteiger partial charge in [0.25, 0.3) is 0 Å². The van der Waals surface area contributed by atoms with Crippen LogP contribution in [0, 0.1) is 0 Å². The van der Waals surface area contributed by atoms with Crippen molar-refractivity contribution in [2.75, 3.05) is 17.6 Å². The number of nitrogens with one attached hydrogen (secondary N) is 1. The van der Waals surface area contributed by atoms with Gasteiger partial charge in [-0.2, -0.15) is 0 Å². The number of primary amides is 1. The Morgan fingerprint density at radius 3 is 2.83 bits per heavy atom. The molecule has 0 saturated heterocycles. The molecule has 4 nitrogen and oxygen atoms in total. The van der Waals surface area contributed by atoms with Crippen molar-refractivity contribution in [3.8, 4) is 0 Å². The molecule has 1 aromatic rings. The van der Waals surface area contributed by atoms with E-state index in [-0.39, 0.29) is 0 Å². The predicted octanol–water partition coefficient (Wildman–Crippen LogP) is 2.28. The fourth-order valence-corrected chi connectivity index (χ4v) is 2.20. The highest BCUT2D eigenvalue weighted by molar-refractivity contribution is 5.94. The summed E-state index contributed by atoms with van der Waals surface area (Å²) in [4.78, 5) is 11.0. The minimum absolute atomic E-state index is 0.441. The maximum absolute atomic E-state index is 11.0. The molecule has 0 aliphatic heterocycles. The van der Waals surface area contributed by atoms with E-state index in [1.165, 1.54) is 24.8 Å². The van der Waals surface area contributed by atoms with E-state index in [1.807, 2.05) is 0 Å². The molecule has 2 rings (SSSR count). The van der Waals surface area contributed by atoms with Gasteiger partial charge in [-0.3, -0.25) is 4.79 Å². The highest BCUT2D eigenvalue weighted by Crippen LogP contribution is 2.22. The van der Waals surface area contributed by atoms with Crippen LogP contribution in [-0.2, 0) is 0 Å². The Balaban J connectivity index is 1.91. The lowest BCUT2D eigenvalue weighted by atomic mass is 10.1. The van der Waals surface area contributed by atoms with Crippen molar-refractivity contribution in [1.29, 1.82) is 0 Å². The Labute approximate surface area is 107 Å². The number of hydrogen-bond acceptors (Lipinski definition) is 3. The summed E-state index contributed by atoms with van der Waals surface area (Å²) < 4.78 is 0. The summed E-state index contributed by atoms with van der Waals surface area (Å²) in [6.07, 6.45) is 7.09. The number of nitrogen functional groups attached to an aromatic ring is 1. The molecule has 0 aromatic heterocycles. The number of allylic oxidation sites excluding steroid dienone is 1. The highest BCUT2D eigenvalue weighted by Gasteiger charge is 2.06. The van der Waals surface area contributed by atoms with Gasteiger partial charge >= 0.3 is 0 Å². The summed E-state index contributed by atoms with van der Waals surface area (Å²) in [5.41, 5.74) is 14.4. The van der Waals surface area contributed by atoms with Crippen LogP contribution >= 0.6 is 0 Å². The molecule has 0 spiro atoms. The van der Waals surface area contributed by atoms with Gasteiger partial charge in [0.1, 0.15) is 0 Å². The van der Waals surface area contributed by atoms with Crippen LogP contribution in [0.25, 0.3) is 0 Å². The van der Waals surface area contributed by atoms with E-state index in [0.717, 1.165) is 18.7 Å². The lowest BCUT2D eigenvalue weighted by Gasteiger charge is -2.10. The molecule has 5 N–H and O–H groups in total. The van der Waals surface area contributed by atoms with Crippen molar-refractivity contribution in [2.45, 2.75) is 25.7 Å². The number of amides is 1. The van der Waals surface area contributed by atoms with Crippen LogP contribution in [0.5, 0.6) is 0 Å². The van der Waals surface area contributed by atoms with Gasteiger partial charge in [0, 0.05) is 12.1 Å². The Kier molecular flexibility index (Phi) is 3.87. The third-order valence-electron chi connectivity index (χ3n) is 3.23. The zero-order valence-corrected chi connectivity index (χ0v) is 10.4. The summed E-state index contributed by atoms with van der Waals surface area (Å²) >= 11 is 0. The fraction of sp³-hybridized carbons (Fsp3) is 0.357. The van der Waals surface area contributed by atoms with Crippen molar-refractivity contribution in [3.05, 3.63) is 35.4 Å². The lowest BCUT2D eigenvalue weighted by molar-refractivity contribution is 0.100. The number of rotatable bonds is 5. The first-order valence-electron chi connectivity index (χ1n) is 6.28. The largest absolute Gasteiger partial charge is 0.397 e. The van der Waals surface area contributed by atoms with Gasteiger partial charge < -0.3 is 16.8 Å². The van der Waals surface area contributed by atoms with Crippen molar-refractivity contribution in [1.82, 2.24) is 0 Å². The zero-order valence-electron chi connectivity index (χ0n) is 10.4. The molecule has 0 saturated carbocycles. The number of benzene rings is 1. The van der Waals surface area contributed by atoms with Crippen LogP contribution in [0.2, 0.25) is 0 Å². The molecular weight excluding hydrogens is 226 g/mol. The third kappa shape index (κ3) is 3.03. The van der Waals surface area contributed by atoms with Gasteiger partial charge in [0.05, 0.1) is 11.4 Å². The summed E-state index contributed by atoms with van der Waals surface area (Å²) in [5.74, 6) is -0.454. The van der Waals surface area contributed by atoms with Crippen LogP contribution in [0.4, 0.5) is 11.4 Å². The van der Waals surface area contributed by atoms with Crippen LogP contribution in [0.1, 0.15) is 36.0 Å². The predicted molar refractivity (Wildman–Crippen MR) is 74.4 cm³/mol. The first-order valence-corrected chi connectivity index (χ1v) is 6.28. The van der Waals surface area contributed by atoms with Gasteiger partial charge in [0.2, 0.25) is 5.91 Å². The molecule has 1 aromatic carbocycles. The molecule has 96 valence electrons. The summed E-state index contributed by atoms with van der Waals surface area (Å²) in [6, 6.07) is 5.10. The number of hydrogen-bond donors (Lipinski definition) is 3. The van der Waals surface area contributed by atoms with Gasteiger partial charge in [-0.25, -0.2) is 0 Å². The standard InChI is InChI=1S/C14H19N3O/c15-12-9-11(14(16)18)5-6-13(12)17-8-7-10-3-1-2-4-10/h3,5-6,9,17H,1-2,4,7-8,15H2,(H2,16,18). The first-order chi connectivity index (χ1) is 8.66. The third-order valence-corrected chi connectivity index (χ3v) is 3.23. The molecule has 0 fully saturated rings. The van der Waals surface area contributed by atoms with Crippen LogP contribution in [0.15, 0.2) is 29.8 Å². The monoisotopic (exact) mass is 245 g/mol. The molecule has 18 heavy (non-hydrogen) atoms. The minimum Gasteiger partial charge on any atom is -0.397 e. The normalized spacial score (nSPS) is 14.3. The molecule has 1 amide bonds. The van der Waals surface area contributed by atoms with Crippen molar-refractivity contribution < 1.29 is 4.79 Å². The number of anilines is 2. The maximum Gasteiger partial charge on any atom is 0.248 e. The SMILES string of the molecule is NC(=O)c1ccc(NCCC2=CCCC2)c(N)c1. The number of carbonyl (C=O) groups is 1. The second-order valence-corrected chi connectivity index (χ2v) is 4.60. The van der Waals surface area contributed by atoms with Crippen LogP contribution in [0.3, 0.4) is 0 Å². The van der Waals surface area contributed by atoms with E-state index in [1.54, 1.807) is 18.2 Å². The van der Waals surface area contributed by atoms with E-state index < -0.39 is 5.91 Å². The van der Waals surface area contributed by atoms with Gasteiger partial charge in [-0.15, -0.1) is 0 Å². The average Bonchev–Trinajstić information content (AvgIpc) is 2.84. The molecule has 0 heterocycles. The number of nitrogens with two attached hydrogens (primary N) is 2. The van der Waals surface area contributed by atoms with E-state index in [4.69, 9.17) is 11.5 Å². The topological polar surface area (TPSA) is 81.1 Å². The second-order valence-electron chi connectivity index (χ2n) is 4.60. The molecule has 4 heteroatoms. The smallest absolute Gasteiger partial charge is 0.248 e. The van der Waals surface area contributed by atoms with Crippen molar-refractivity contribution in [3.63, 3.8) is 0 Å². The second kappa shape index (κ2) is 5.58. The summed E-state index contributed by atoms with van der Waals surface area (Å²) in [6.45, 7) is 0.867. The summed E-state index contributed by atoms with van der Waals surface area (Å²) in [5, 5.41) is 3.29. The maximum atomic E-state index is 11.0. The van der Waals surface area contributed by atoms with Crippen LogP contribution in [-0.4, -0.2) is 12.5 Å².